The third-order valence-corrected chi connectivity index (χ3v) is 4.13. The Kier molecular flexibility index (Phi) is 3.29. The van der Waals surface area contributed by atoms with E-state index in [-0.39, 0.29) is 0 Å². The first-order valence-electron chi connectivity index (χ1n) is 6.20. The number of aryl methyl sites for hydroxylation is 2. The van der Waals surface area contributed by atoms with Gasteiger partial charge in [0.05, 0.1) is 5.69 Å². The highest BCUT2D eigenvalue weighted by molar-refractivity contribution is 7.14. The van der Waals surface area contributed by atoms with Gasteiger partial charge in [0.15, 0.2) is 0 Å². The minimum absolute atomic E-state index is 0.334. The summed E-state index contributed by atoms with van der Waals surface area (Å²) >= 11 is 1.59. The van der Waals surface area contributed by atoms with Gasteiger partial charge in [-0.3, -0.25) is 4.98 Å². The van der Waals surface area contributed by atoms with Crippen LogP contribution in [0.2, 0.25) is 0 Å². The summed E-state index contributed by atoms with van der Waals surface area (Å²) in [6.07, 6.45) is 3.48. The Morgan fingerprint density at radius 1 is 1.25 bits per heavy atom. The second-order valence-corrected chi connectivity index (χ2v) is 5.56. The van der Waals surface area contributed by atoms with Gasteiger partial charge in [0.25, 0.3) is 0 Å². The molecule has 0 saturated carbocycles. The molecule has 0 radical (unpaired) electrons. The highest BCUT2D eigenvalue weighted by Gasteiger charge is 2.17. The van der Waals surface area contributed by atoms with Crippen molar-refractivity contribution in [2.45, 2.75) is 20.4 Å². The zero-order chi connectivity index (χ0) is 14.1. The largest absolute Gasteiger partial charge is 0.325 e. The molecule has 0 fully saturated rings. The molecule has 0 aliphatic heterocycles. The Labute approximate surface area is 120 Å². The number of thiazole rings is 1. The van der Waals surface area contributed by atoms with Crippen molar-refractivity contribution >= 4 is 11.3 Å². The molecular weight excluding hydrogens is 272 g/mol. The lowest BCUT2D eigenvalue weighted by Gasteiger charge is -2.04. The van der Waals surface area contributed by atoms with Gasteiger partial charge in [0, 0.05) is 29.4 Å². The molecule has 0 aliphatic carbocycles. The van der Waals surface area contributed by atoms with E-state index in [1.54, 1.807) is 28.4 Å². The van der Waals surface area contributed by atoms with E-state index in [4.69, 9.17) is 5.73 Å². The number of hydrogen-bond acceptors (Lipinski definition) is 6. The lowest BCUT2D eigenvalue weighted by molar-refractivity contribution is 0.792. The van der Waals surface area contributed by atoms with E-state index in [2.05, 4.69) is 20.3 Å². The molecule has 0 saturated heterocycles. The molecule has 0 amide bonds. The van der Waals surface area contributed by atoms with Crippen LogP contribution in [0.15, 0.2) is 24.5 Å². The summed E-state index contributed by atoms with van der Waals surface area (Å²) in [7, 11) is 0. The van der Waals surface area contributed by atoms with Crippen LogP contribution in [0.5, 0.6) is 0 Å². The number of rotatable bonds is 3. The number of pyridine rings is 1. The van der Waals surface area contributed by atoms with Crippen LogP contribution < -0.4 is 5.73 Å². The van der Waals surface area contributed by atoms with Gasteiger partial charge in [-0.1, -0.05) is 16.6 Å². The van der Waals surface area contributed by atoms with Crippen LogP contribution >= 0.6 is 11.3 Å². The molecule has 3 aromatic rings. The highest BCUT2D eigenvalue weighted by atomic mass is 32.1. The standard InChI is InChI=1S/C13H14N6S/c1-8-9(2)20-13(16-8)19-12(11(7-14)17-18-19)10-3-5-15-6-4-10/h3-6H,7,14H2,1-2H3. The molecule has 102 valence electrons. The van der Waals surface area contributed by atoms with Crippen LogP contribution in [0.3, 0.4) is 0 Å². The number of aromatic nitrogens is 5. The van der Waals surface area contributed by atoms with Gasteiger partial charge in [-0.2, -0.15) is 4.68 Å². The van der Waals surface area contributed by atoms with E-state index < -0.39 is 0 Å². The van der Waals surface area contributed by atoms with E-state index >= 15 is 0 Å². The van der Waals surface area contributed by atoms with Crippen LogP contribution in [0.4, 0.5) is 0 Å². The summed E-state index contributed by atoms with van der Waals surface area (Å²) in [6, 6.07) is 3.84. The Morgan fingerprint density at radius 3 is 2.60 bits per heavy atom. The predicted octanol–water partition coefficient (Wildman–Crippen LogP) is 1.86. The zero-order valence-electron chi connectivity index (χ0n) is 11.2. The normalized spacial score (nSPS) is 10.9. The first-order chi connectivity index (χ1) is 9.70. The molecule has 0 aromatic carbocycles. The molecule has 0 spiro atoms. The maximum absolute atomic E-state index is 5.77. The first kappa shape index (κ1) is 12.9. The summed E-state index contributed by atoms with van der Waals surface area (Å²) < 4.78 is 1.75. The van der Waals surface area contributed by atoms with Crippen molar-refractivity contribution in [3.05, 3.63) is 40.8 Å². The molecule has 3 aromatic heterocycles. The molecule has 2 N–H and O–H groups in total. The molecule has 0 atom stereocenters. The third kappa shape index (κ3) is 2.10. The SMILES string of the molecule is Cc1nc(-n2nnc(CN)c2-c2ccncc2)sc1C. The smallest absolute Gasteiger partial charge is 0.212 e. The number of nitrogens with two attached hydrogens (primary N) is 1. The monoisotopic (exact) mass is 286 g/mol. The predicted molar refractivity (Wildman–Crippen MR) is 77.6 cm³/mol. The molecule has 0 unspecified atom stereocenters. The average molecular weight is 286 g/mol. The second-order valence-electron chi connectivity index (χ2n) is 4.37. The van der Waals surface area contributed by atoms with Gasteiger partial charge in [0.2, 0.25) is 5.13 Å². The maximum Gasteiger partial charge on any atom is 0.212 e. The molecule has 3 rings (SSSR count). The van der Waals surface area contributed by atoms with Crippen LogP contribution in [0.25, 0.3) is 16.4 Å². The van der Waals surface area contributed by atoms with Crippen molar-refractivity contribution in [1.29, 1.82) is 0 Å². The summed E-state index contributed by atoms with van der Waals surface area (Å²) in [5, 5.41) is 9.17. The van der Waals surface area contributed by atoms with Gasteiger partial charge in [-0.15, -0.1) is 5.10 Å². The van der Waals surface area contributed by atoms with E-state index in [0.29, 0.717) is 6.54 Å². The van der Waals surface area contributed by atoms with Crippen LogP contribution in [-0.4, -0.2) is 25.0 Å². The minimum Gasteiger partial charge on any atom is -0.325 e. The number of nitrogens with zero attached hydrogens (tertiary/aromatic N) is 5. The minimum atomic E-state index is 0.334. The fourth-order valence-corrected chi connectivity index (χ4v) is 2.79. The molecule has 6 nitrogen and oxygen atoms in total. The lowest BCUT2D eigenvalue weighted by Crippen LogP contribution is -2.02. The van der Waals surface area contributed by atoms with Crippen LogP contribution in [0.1, 0.15) is 16.3 Å². The first-order valence-corrected chi connectivity index (χ1v) is 7.01. The molecule has 20 heavy (non-hydrogen) atoms. The third-order valence-electron chi connectivity index (χ3n) is 3.09. The summed E-state index contributed by atoms with van der Waals surface area (Å²) in [5.74, 6) is 0. The van der Waals surface area contributed by atoms with Crippen molar-refractivity contribution in [3.63, 3.8) is 0 Å². The van der Waals surface area contributed by atoms with Gasteiger partial charge < -0.3 is 5.73 Å². The van der Waals surface area contributed by atoms with Crippen molar-refractivity contribution in [2.75, 3.05) is 0 Å². The quantitative estimate of drug-likeness (QED) is 0.794. The summed E-state index contributed by atoms with van der Waals surface area (Å²) in [5.41, 5.74) is 9.39. The fraction of sp³-hybridized carbons (Fsp3) is 0.231. The molecule has 3 heterocycles. The van der Waals surface area contributed by atoms with Gasteiger partial charge >= 0.3 is 0 Å². The Morgan fingerprint density at radius 2 is 2.00 bits per heavy atom. The van der Waals surface area contributed by atoms with Gasteiger partial charge in [-0.05, 0) is 26.0 Å². The Bertz CT molecular complexity index is 711. The van der Waals surface area contributed by atoms with Crippen LogP contribution in [0, 0.1) is 13.8 Å². The molecular formula is C13H14N6S. The summed E-state index contributed by atoms with van der Waals surface area (Å²) in [6.45, 7) is 4.37. The van der Waals surface area contributed by atoms with Crippen LogP contribution in [-0.2, 0) is 6.54 Å². The second kappa shape index (κ2) is 5.10. The summed E-state index contributed by atoms with van der Waals surface area (Å²) in [4.78, 5) is 9.75. The fourth-order valence-electron chi connectivity index (χ4n) is 1.93. The highest BCUT2D eigenvalue weighted by Crippen LogP contribution is 2.27. The van der Waals surface area contributed by atoms with Gasteiger partial charge in [0.1, 0.15) is 11.4 Å². The van der Waals surface area contributed by atoms with Crippen molar-refractivity contribution in [2.24, 2.45) is 5.73 Å². The Hall–Kier alpha value is -2.12. The van der Waals surface area contributed by atoms with Crippen molar-refractivity contribution < 1.29 is 0 Å². The van der Waals surface area contributed by atoms with E-state index in [9.17, 15) is 0 Å². The average Bonchev–Trinajstić information content (AvgIpc) is 3.04. The zero-order valence-corrected chi connectivity index (χ0v) is 12.1. The van der Waals surface area contributed by atoms with E-state index in [0.717, 1.165) is 27.8 Å². The molecule has 0 bridgehead atoms. The Balaban J connectivity index is 2.20. The number of hydrogen-bond donors (Lipinski definition) is 1. The molecule has 7 heteroatoms. The van der Waals surface area contributed by atoms with E-state index in [1.165, 1.54) is 4.88 Å². The topological polar surface area (TPSA) is 82.5 Å². The van der Waals surface area contributed by atoms with E-state index in [1.807, 2.05) is 26.0 Å². The lowest BCUT2D eigenvalue weighted by atomic mass is 10.1. The van der Waals surface area contributed by atoms with Crippen molar-refractivity contribution in [3.8, 4) is 16.4 Å². The molecule has 0 aliphatic rings. The maximum atomic E-state index is 5.77. The van der Waals surface area contributed by atoms with Gasteiger partial charge in [-0.25, -0.2) is 4.98 Å². The van der Waals surface area contributed by atoms with Crippen molar-refractivity contribution in [1.82, 2.24) is 25.0 Å².